The molecule has 1 heterocycles. The summed E-state index contributed by atoms with van der Waals surface area (Å²) in [6, 6.07) is 6.00. The number of benzene rings is 1. The van der Waals surface area contributed by atoms with Crippen LogP contribution in [0.5, 0.6) is 0 Å². The molecule has 0 saturated carbocycles. The lowest BCUT2D eigenvalue weighted by Crippen LogP contribution is -2.19. The van der Waals surface area contributed by atoms with Gasteiger partial charge in [-0.05, 0) is 37.0 Å². The fraction of sp³-hybridized carbons (Fsp3) is 0.462. The molecule has 1 aromatic carbocycles. The number of hydrogen-bond donors (Lipinski definition) is 0. The Morgan fingerprint density at radius 2 is 2.06 bits per heavy atom. The topological polar surface area (TPSA) is 20.3 Å². The zero-order valence-electron chi connectivity index (χ0n) is 9.29. The van der Waals surface area contributed by atoms with Crippen LogP contribution >= 0.6 is 11.6 Å². The Morgan fingerprint density at radius 1 is 1.31 bits per heavy atom. The van der Waals surface area contributed by atoms with Gasteiger partial charge in [0.1, 0.15) is 6.29 Å². The van der Waals surface area contributed by atoms with Gasteiger partial charge in [0.05, 0.1) is 0 Å². The molecule has 1 saturated heterocycles. The summed E-state index contributed by atoms with van der Waals surface area (Å²) in [7, 11) is 0. The predicted octanol–water partition coefficient (Wildman–Crippen LogP) is 3.07. The number of halogens is 1. The number of anilines is 1. The van der Waals surface area contributed by atoms with Gasteiger partial charge in [-0.25, -0.2) is 0 Å². The van der Waals surface area contributed by atoms with Crippen molar-refractivity contribution < 1.29 is 4.79 Å². The van der Waals surface area contributed by atoms with Gasteiger partial charge in [-0.3, -0.25) is 0 Å². The summed E-state index contributed by atoms with van der Waals surface area (Å²) in [5.41, 5.74) is 2.34. The van der Waals surface area contributed by atoms with E-state index in [-0.39, 0.29) is 0 Å². The van der Waals surface area contributed by atoms with E-state index in [9.17, 15) is 4.79 Å². The Bertz CT molecular complexity index is 372. The van der Waals surface area contributed by atoms with Crippen molar-refractivity contribution in [3.63, 3.8) is 0 Å². The van der Waals surface area contributed by atoms with Gasteiger partial charge in [0.25, 0.3) is 0 Å². The van der Waals surface area contributed by atoms with Crippen molar-refractivity contribution in [3.8, 4) is 0 Å². The number of rotatable bonds is 4. The van der Waals surface area contributed by atoms with Gasteiger partial charge < -0.3 is 9.69 Å². The van der Waals surface area contributed by atoms with E-state index in [4.69, 9.17) is 11.6 Å². The molecule has 0 N–H and O–H groups in total. The quantitative estimate of drug-likeness (QED) is 0.751. The highest BCUT2D eigenvalue weighted by atomic mass is 35.5. The van der Waals surface area contributed by atoms with E-state index in [2.05, 4.69) is 11.0 Å². The average Bonchev–Trinajstić information content (AvgIpc) is 2.80. The molecule has 1 fully saturated rings. The van der Waals surface area contributed by atoms with Crippen LogP contribution in [0.25, 0.3) is 0 Å². The highest BCUT2D eigenvalue weighted by molar-refractivity contribution is 6.31. The van der Waals surface area contributed by atoms with Crippen molar-refractivity contribution in [1.82, 2.24) is 0 Å². The number of carbonyl (C=O) groups is 1. The fourth-order valence-electron chi connectivity index (χ4n) is 2.25. The standard InChI is InChI=1S/C13H16ClNO/c14-12-6-3-7-13(11(12)5-4-10-16)15-8-1-2-9-15/h3,6-7,10H,1-2,4-5,8-9H2. The summed E-state index contributed by atoms with van der Waals surface area (Å²) in [6.45, 7) is 2.21. The first kappa shape index (κ1) is 11.5. The van der Waals surface area contributed by atoms with Crippen LogP contribution in [-0.2, 0) is 11.2 Å². The third-order valence-electron chi connectivity index (χ3n) is 3.05. The molecule has 0 spiro atoms. The van der Waals surface area contributed by atoms with Crippen molar-refractivity contribution >= 4 is 23.6 Å². The summed E-state index contributed by atoms with van der Waals surface area (Å²) in [5.74, 6) is 0. The number of carbonyl (C=O) groups excluding carboxylic acids is 1. The molecule has 0 unspecified atom stereocenters. The minimum absolute atomic E-state index is 0.546. The van der Waals surface area contributed by atoms with Gasteiger partial charge in [0, 0.05) is 30.2 Å². The first-order valence-electron chi connectivity index (χ1n) is 5.79. The second kappa shape index (κ2) is 5.35. The molecule has 1 aliphatic rings. The van der Waals surface area contributed by atoms with Crippen LogP contribution in [0, 0.1) is 0 Å². The molecular formula is C13H16ClNO. The maximum atomic E-state index is 10.5. The molecule has 0 aliphatic carbocycles. The van der Waals surface area contributed by atoms with Gasteiger partial charge in [-0.2, -0.15) is 0 Å². The molecule has 0 amide bonds. The van der Waals surface area contributed by atoms with E-state index in [1.165, 1.54) is 18.5 Å². The number of aldehydes is 1. The molecule has 16 heavy (non-hydrogen) atoms. The van der Waals surface area contributed by atoms with Gasteiger partial charge in [0.2, 0.25) is 0 Å². The smallest absolute Gasteiger partial charge is 0.120 e. The molecule has 0 atom stereocenters. The van der Waals surface area contributed by atoms with E-state index in [1.54, 1.807) is 0 Å². The van der Waals surface area contributed by atoms with Crippen molar-refractivity contribution in [2.45, 2.75) is 25.7 Å². The molecule has 0 aromatic heterocycles. The van der Waals surface area contributed by atoms with Crippen LogP contribution in [0.2, 0.25) is 5.02 Å². The lowest BCUT2D eigenvalue weighted by molar-refractivity contribution is -0.107. The van der Waals surface area contributed by atoms with Crippen LogP contribution in [0.4, 0.5) is 5.69 Å². The van der Waals surface area contributed by atoms with Gasteiger partial charge >= 0.3 is 0 Å². The first-order chi connectivity index (χ1) is 7.83. The second-order valence-electron chi connectivity index (χ2n) is 4.14. The molecule has 3 heteroatoms. The molecule has 0 radical (unpaired) electrons. The largest absolute Gasteiger partial charge is 0.371 e. The zero-order chi connectivity index (χ0) is 11.4. The maximum absolute atomic E-state index is 10.5. The van der Waals surface area contributed by atoms with Crippen LogP contribution in [0.3, 0.4) is 0 Å². The van der Waals surface area contributed by atoms with Crippen LogP contribution in [-0.4, -0.2) is 19.4 Å². The van der Waals surface area contributed by atoms with Crippen molar-refractivity contribution in [3.05, 3.63) is 28.8 Å². The van der Waals surface area contributed by atoms with Crippen molar-refractivity contribution in [1.29, 1.82) is 0 Å². The lowest BCUT2D eigenvalue weighted by atomic mass is 10.1. The van der Waals surface area contributed by atoms with Crippen molar-refractivity contribution in [2.24, 2.45) is 0 Å². The summed E-state index contributed by atoms with van der Waals surface area (Å²) in [5, 5.41) is 0.784. The molecule has 1 aliphatic heterocycles. The van der Waals surface area contributed by atoms with E-state index in [1.807, 2.05) is 12.1 Å². The Morgan fingerprint density at radius 3 is 2.75 bits per heavy atom. The summed E-state index contributed by atoms with van der Waals surface area (Å²) < 4.78 is 0. The molecule has 2 nitrogen and oxygen atoms in total. The summed E-state index contributed by atoms with van der Waals surface area (Å²) in [4.78, 5) is 12.8. The minimum atomic E-state index is 0.546. The SMILES string of the molecule is O=CCCc1c(Cl)cccc1N1CCCC1. The molecule has 0 bridgehead atoms. The van der Waals surface area contributed by atoms with Gasteiger partial charge in [-0.1, -0.05) is 17.7 Å². The Kier molecular flexibility index (Phi) is 3.83. The summed E-state index contributed by atoms with van der Waals surface area (Å²) in [6.07, 6.45) is 4.75. The van der Waals surface area contributed by atoms with Crippen LogP contribution < -0.4 is 4.90 Å². The number of nitrogens with zero attached hydrogens (tertiary/aromatic N) is 1. The third-order valence-corrected chi connectivity index (χ3v) is 3.41. The predicted molar refractivity (Wildman–Crippen MR) is 67.3 cm³/mol. The summed E-state index contributed by atoms with van der Waals surface area (Å²) >= 11 is 6.20. The van der Waals surface area contributed by atoms with E-state index < -0.39 is 0 Å². The van der Waals surface area contributed by atoms with E-state index >= 15 is 0 Å². The number of hydrogen-bond acceptors (Lipinski definition) is 2. The Balaban J connectivity index is 2.27. The highest BCUT2D eigenvalue weighted by Gasteiger charge is 2.16. The lowest BCUT2D eigenvalue weighted by Gasteiger charge is -2.21. The first-order valence-corrected chi connectivity index (χ1v) is 6.16. The van der Waals surface area contributed by atoms with E-state index in [0.29, 0.717) is 6.42 Å². The molecule has 2 rings (SSSR count). The zero-order valence-corrected chi connectivity index (χ0v) is 10.0. The van der Waals surface area contributed by atoms with E-state index in [0.717, 1.165) is 36.4 Å². The Labute approximate surface area is 101 Å². The molecular weight excluding hydrogens is 222 g/mol. The normalized spacial score (nSPS) is 15.4. The van der Waals surface area contributed by atoms with Crippen molar-refractivity contribution in [2.75, 3.05) is 18.0 Å². The van der Waals surface area contributed by atoms with Gasteiger partial charge in [0.15, 0.2) is 0 Å². The van der Waals surface area contributed by atoms with Gasteiger partial charge in [-0.15, -0.1) is 0 Å². The molecule has 1 aromatic rings. The molecule has 86 valence electrons. The Hall–Kier alpha value is -1.02. The monoisotopic (exact) mass is 237 g/mol. The van der Waals surface area contributed by atoms with Crippen LogP contribution in [0.15, 0.2) is 18.2 Å². The highest BCUT2D eigenvalue weighted by Crippen LogP contribution is 2.30. The third kappa shape index (κ3) is 2.38. The minimum Gasteiger partial charge on any atom is -0.371 e. The second-order valence-corrected chi connectivity index (χ2v) is 4.54. The maximum Gasteiger partial charge on any atom is 0.120 e. The fourth-order valence-corrected chi connectivity index (χ4v) is 2.52. The van der Waals surface area contributed by atoms with Crippen LogP contribution in [0.1, 0.15) is 24.8 Å². The average molecular weight is 238 g/mol.